The Morgan fingerprint density at radius 3 is 2.16 bits per heavy atom. The molecule has 2 atom stereocenters. The van der Waals surface area contributed by atoms with E-state index < -0.39 is 28.1 Å². The Kier molecular flexibility index (Phi) is 5.87. The summed E-state index contributed by atoms with van der Waals surface area (Å²) in [6.07, 6.45) is -1.15. The van der Waals surface area contributed by atoms with E-state index in [1.165, 1.54) is 13.0 Å². The number of carbonyl (C=O) groups excluding carboxylic acids is 2. The average molecular weight is 449 g/mol. The Hall–Kier alpha value is -3.78. The van der Waals surface area contributed by atoms with Crippen LogP contribution in [0.3, 0.4) is 0 Å². The SMILES string of the molecule is C[C@H](N=C1NS(=O)(=O)c2ccccc21)C(=O)OC(C(=O)c1ccccc1)c1ccccc1. The van der Waals surface area contributed by atoms with Gasteiger partial charge in [0.25, 0.3) is 10.0 Å². The number of ketones is 1. The van der Waals surface area contributed by atoms with E-state index in [1.807, 2.05) is 0 Å². The largest absolute Gasteiger partial charge is 0.447 e. The van der Waals surface area contributed by atoms with Gasteiger partial charge in [-0.3, -0.25) is 14.5 Å². The van der Waals surface area contributed by atoms with E-state index in [1.54, 1.807) is 78.9 Å². The van der Waals surface area contributed by atoms with Crippen LogP contribution in [-0.4, -0.2) is 32.0 Å². The summed E-state index contributed by atoms with van der Waals surface area (Å²) in [5, 5.41) is 0. The molecule has 1 aliphatic rings. The first-order valence-electron chi connectivity index (χ1n) is 9.91. The van der Waals surface area contributed by atoms with Gasteiger partial charge < -0.3 is 4.74 Å². The third kappa shape index (κ3) is 4.31. The van der Waals surface area contributed by atoms with Crippen molar-refractivity contribution in [2.75, 3.05) is 0 Å². The number of nitrogens with zero attached hydrogens (tertiary/aromatic N) is 1. The number of fused-ring (bicyclic) bond motifs is 1. The Bertz CT molecular complexity index is 1290. The fraction of sp³-hybridized carbons (Fsp3) is 0.125. The van der Waals surface area contributed by atoms with Crippen LogP contribution in [0, 0.1) is 0 Å². The number of benzene rings is 3. The van der Waals surface area contributed by atoms with Gasteiger partial charge in [-0.25, -0.2) is 13.2 Å². The van der Waals surface area contributed by atoms with E-state index >= 15 is 0 Å². The molecule has 0 saturated heterocycles. The number of ether oxygens (including phenoxy) is 1. The molecule has 1 unspecified atom stereocenters. The van der Waals surface area contributed by atoms with Gasteiger partial charge in [-0.15, -0.1) is 0 Å². The van der Waals surface area contributed by atoms with Crippen LogP contribution in [0.2, 0.25) is 0 Å². The second-order valence-corrected chi connectivity index (χ2v) is 8.86. The minimum atomic E-state index is -3.73. The molecule has 0 aliphatic carbocycles. The first-order valence-corrected chi connectivity index (χ1v) is 11.4. The molecular formula is C24H20N2O5S. The molecule has 1 N–H and O–H groups in total. The highest BCUT2D eigenvalue weighted by Gasteiger charge is 2.32. The van der Waals surface area contributed by atoms with Gasteiger partial charge in [-0.05, 0) is 19.1 Å². The van der Waals surface area contributed by atoms with E-state index in [-0.39, 0.29) is 16.5 Å². The average Bonchev–Trinajstić information content (AvgIpc) is 3.08. The quantitative estimate of drug-likeness (QED) is 0.461. The van der Waals surface area contributed by atoms with E-state index in [9.17, 15) is 18.0 Å². The summed E-state index contributed by atoms with van der Waals surface area (Å²) in [6, 6.07) is 22.6. The minimum absolute atomic E-state index is 0.0655. The topological polar surface area (TPSA) is 102 Å². The lowest BCUT2D eigenvalue weighted by molar-refractivity contribution is -0.148. The summed E-state index contributed by atoms with van der Waals surface area (Å²) in [6.45, 7) is 1.49. The number of amidine groups is 1. The molecule has 0 fully saturated rings. The molecule has 0 amide bonds. The predicted molar refractivity (Wildman–Crippen MR) is 119 cm³/mol. The van der Waals surface area contributed by atoms with Crippen molar-refractivity contribution < 1.29 is 22.7 Å². The molecule has 0 saturated carbocycles. The normalized spacial score (nSPS) is 17.1. The molecule has 3 aromatic rings. The summed E-state index contributed by atoms with van der Waals surface area (Å²) in [5.74, 6) is -1.05. The summed E-state index contributed by atoms with van der Waals surface area (Å²) in [5.41, 5.74) is 1.32. The van der Waals surface area contributed by atoms with Crippen LogP contribution in [0.4, 0.5) is 0 Å². The molecule has 8 heteroatoms. The Balaban J connectivity index is 1.60. The van der Waals surface area contributed by atoms with Crippen molar-refractivity contribution in [3.05, 3.63) is 102 Å². The number of hydrogen-bond acceptors (Lipinski definition) is 6. The molecule has 0 radical (unpaired) electrons. The van der Waals surface area contributed by atoms with E-state index in [0.717, 1.165) is 0 Å². The Labute approximate surface area is 185 Å². The van der Waals surface area contributed by atoms with Crippen LogP contribution in [-0.2, 0) is 19.6 Å². The van der Waals surface area contributed by atoms with Crippen LogP contribution in [0.15, 0.2) is 94.8 Å². The molecule has 0 spiro atoms. The van der Waals surface area contributed by atoms with Crippen molar-refractivity contribution in [2.24, 2.45) is 4.99 Å². The Morgan fingerprint density at radius 1 is 0.875 bits per heavy atom. The van der Waals surface area contributed by atoms with Gasteiger partial charge in [0.15, 0.2) is 6.10 Å². The molecule has 32 heavy (non-hydrogen) atoms. The van der Waals surface area contributed by atoms with Gasteiger partial charge in [0.2, 0.25) is 5.78 Å². The molecule has 1 aliphatic heterocycles. The molecule has 1 heterocycles. The fourth-order valence-electron chi connectivity index (χ4n) is 3.35. The molecule has 7 nitrogen and oxygen atoms in total. The molecular weight excluding hydrogens is 428 g/mol. The van der Waals surface area contributed by atoms with Crippen molar-refractivity contribution in [3.63, 3.8) is 0 Å². The van der Waals surface area contributed by atoms with Gasteiger partial charge in [0.1, 0.15) is 11.9 Å². The van der Waals surface area contributed by atoms with Crippen molar-refractivity contribution in [2.45, 2.75) is 24.0 Å². The first-order chi connectivity index (χ1) is 15.4. The second-order valence-electron chi connectivity index (χ2n) is 7.21. The first kappa shape index (κ1) is 21.5. The van der Waals surface area contributed by atoms with E-state index in [2.05, 4.69) is 9.71 Å². The zero-order valence-corrected chi connectivity index (χ0v) is 18.0. The van der Waals surface area contributed by atoms with Crippen molar-refractivity contribution in [3.8, 4) is 0 Å². The number of hydrogen-bond donors (Lipinski definition) is 1. The van der Waals surface area contributed by atoms with Crippen LogP contribution in [0.25, 0.3) is 0 Å². The maximum absolute atomic E-state index is 13.1. The highest BCUT2D eigenvalue weighted by Crippen LogP contribution is 2.25. The van der Waals surface area contributed by atoms with Crippen LogP contribution in [0.1, 0.15) is 34.5 Å². The lowest BCUT2D eigenvalue weighted by Gasteiger charge is -2.19. The van der Waals surface area contributed by atoms with E-state index in [0.29, 0.717) is 16.7 Å². The summed E-state index contributed by atoms with van der Waals surface area (Å²) in [7, 11) is -3.73. The zero-order chi connectivity index (χ0) is 22.7. The third-order valence-electron chi connectivity index (χ3n) is 4.96. The maximum Gasteiger partial charge on any atom is 0.331 e. The fourth-order valence-corrected chi connectivity index (χ4v) is 4.58. The standard InChI is InChI=1S/C24H20N2O5S/c1-16(25-23-19-14-8-9-15-20(19)32(29,30)26-23)24(28)31-22(18-12-6-3-7-13-18)21(27)17-10-4-2-5-11-17/h2-16,22H,1H3,(H,25,26)/t16-,22?/m0/s1. The zero-order valence-electron chi connectivity index (χ0n) is 17.1. The van der Waals surface area contributed by atoms with Crippen molar-refractivity contribution in [1.29, 1.82) is 0 Å². The monoisotopic (exact) mass is 448 g/mol. The summed E-state index contributed by atoms with van der Waals surface area (Å²) >= 11 is 0. The van der Waals surface area contributed by atoms with E-state index in [4.69, 9.17) is 4.74 Å². The van der Waals surface area contributed by atoms with Crippen LogP contribution < -0.4 is 4.72 Å². The van der Waals surface area contributed by atoms with Gasteiger partial charge in [-0.2, -0.15) is 0 Å². The highest BCUT2D eigenvalue weighted by atomic mass is 32.2. The lowest BCUT2D eigenvalue weighted by Crippen LogP contribution is -2.29. The number of aliphatic imine (C=N–C) groups is 1. The summed E-state index contributed by atoms with van der Waals surface area (Å²) in [4.78, 5) is 30.3. The van der Waals surface area contributed by atoms with Gasteiger partial charge >= 0.3 is 5.97 Å². The number of esters is 1. The third-order valence-corrected chi connectivity index (χ3v) is 6.36. The predicted octanol–water partition coefficient (Wildman–Crippen LogP) is 3.28. The number of carbonyl (C=O) groups is 2. The smallest absolute Gasteiger partial charge is 0.331 e. The second kappa shape index (κ2) is 8.76. The van der Waals surface area contributed by atoms with Crippen LogP contribution >= 0.6 is 0 Å². The summed E-state index contributed by atoms with van der Waals surface area (Å²) < 4.78 is 32.5. The highest BCUT2D eigenvalue weighted by molar-refractivity contribution is 7.90. The molecule has 4 rings (SSSR count). The Morgan fingerprint density at radius 2 is 1.47 bits per heavy atom. The molecule has 0 bridgehead atoms. The molecule has 3 aromatic carbocycles. The number of nitrogens with one attached hydrogen (secondary N) is 1. The minimum Gasteiger partial charge on any atom is -0.447 e. The van der Waals surface area contributed by atoms with Crippen molar-refractivity contribution in [1.82, 2.24) is 4.72 Å². The van der Waals surface area contributed by atoms with Gasteiger partial charge in [0, 0.05) is 16.7 Å². The van der Waals surface area contributed by atoms with Crippen molar-refractivity contribution >= 4 is 27.6 Å². The maximum atomic E-state index is 13.1. The lowest BCUT2D eigenvalue weighted by atomic mass is 10.00. The molecule has 162 valence electrons. The number of sulfonamides is 1. The van der Waals surface area contributed by atoms with Crippen LogP contribution in [0.5, 0.6) is 0 Å². The van der Waals surface area contributed by atoms with Gasteiger partial charge in [-0.1, -0.05) is 72.8 Å². The number of rotatable bonds is 6. The molecule has 0 aromatic heterocycles. The number of Topliss-reactive ketones (excluding diaryl/α,β-unsaturated/α-hetero) is 1. The van der Waals surface area contributed by atoms with Gasteiger partial charge in [0.05, 0.1) is 4.90 Å².